The molecule has 0 amide bonds. The van der Waals surface area contributed by atoms with Crippen molar-refractivity contribution in [3.8, 4) is 5.88 Å². The minimum atomic E-state index is -0.160. The number of rotatable bonds is 6. The van der Waals surface area contributed by atoms with Crippen LogP contribution in [0.1, 0.15) is 44.6 Å². The fourth-order valence-corrected chi connectivity index (χ4v) is 2.97. The minimum Gasteiger partial charge on any atom is -0.481 e. The van der Waals surface area contributed by atoms with Crippen molar-refractivity contribution in [1.82, 2.24) is 4.98 Å². The molecule has 112 valence electrons. The smallest absolute Gasteiger partial charge is 0.218 e. The number of nitrogens with zero attached hydrogens (tertiary/aromatic N) is 1. The Balaban J connectivity index is 1.97. The highest BCUT2D eigenvalue weighted by atomic mass is 16.5. The fraction of sp³-hybridized carbons (Fsp3) is 0.688. The molecule has 0 aromatic carbocycles. The second-order valence-electron chi connectivity index (χ2n) is 5.70. The first-order valence-electron chi connectivity index (χ1n) is 7.55. The molecule has 4 nitrogen and oxygen atoms in total. The van der Waals surface area contributed by atoms with E-state index in [-0.39, 0.29) is 5.60 Å². The van der Waals surface area contributed by atoms with Crippen LogP contribution in [0.3, 0.4) is 0 Å². The molecule has 4 heteroatoms. The van der Waals surface area contributed by atoms with Crippen molar-refractivity contribution in [3.05, 3.63) is 23.9 Å². The molecular weight excluding hydrogens is 252 g/mol. The Morgan fingerprint density at radius 2 is 2.15 bits per heavy atom. The standard InChI is InChI=1S/C16H26N2O2/c1-3-13-6-8-16(12-17,9-7-13)20-11-14-5-4-10-18-15(14)19-2/h4-5,10,13H,3,6-9,11-12,17H2,1-2H3. The van der Waals surface area contributed by atoms with E-state index in [0.717, 1.165) is 24.3 Å². The molecule has 0 saturated heterocycles. The second kappa shape index (κ2) is 7.04. The van der Waals surface area contributed by atoms with Gasteiger partial charge in [0, 0.05) is 18.3 Å². The van der Waals surface area contributed by atoms with Gasteiger partial charge in [0.1, 0.15) is 0 Å². The molecule has 20 heavy (non-hydrogen) atoms. The van der Waals surface area contributed by atoms with Crippen LogP contribution in [0.25, 0.3) is 0 Å². The molecule has 0 aliphatic heterocycles. The summed E-state index contributed by atoms with van der Waals surface area (Å²) in [6, 6.07) is 3.90. The number of nitrogens with two attached hydrogens (primary N) is 1. The first kappa shape index (κ1) is 15.3. The van der Waals surface area contributed by atoms with E-state index in [1.165, 1.54) is 19.3 Å². The van der Waals surface area contributed by atoms with Gasteiger partial charge in [-0.25, -0.2) is 4.98 Å². The predicted molar refractivity (Wildman–Crippen MR) is 79.6 cm³/mol. The van der Waals surface area contributed by atoms with E-state index >= 15 is 0 Å². The van der Waals surface area contributed by atoms with Crippen LogP contribution in [0, 0.1) is 5.92 Å². The molecule has 1 heterocycles. The molecule has 0 bridgehead atoms. The number of ether oxygens (including phenoxy) is 2. The summed E-state index contributed by atoms with van der Waals surface area (Å²) >= 11 is 0. The summed E-state index contributed by atoms with van der Waals surface area (Å²) in [5, 5.41) is 0. The minimum absolute atomic E-state index is 0.160. The molecule has 0 spiro atoms. The molecule has 1 aliphatic carbocycles. The van der Waals surface area contributed by atoms with E-state index in [4.69, 9.17) is 15.2 Å². The van der Waals surface area contributed by atoms with Gasteiger partial charge in [-0.05, 0) is 43.7 Å². The predicted octanol–water partition coefficient (Wildman–Crippen LogP) is 2.90. The van der Waals surface area contributed by atoms with Crippen LogP contribution in [0.4, 0.5) is 0 Å². The summed E-state index contributed by atoms with van der Waals surface area (Å²) in [7, 11) is 1.64. The molecule has 1 fully saturated rings. The average Bonchev–Trinajstić information content (AvgIpc) is 2.53. The molecular formula is C16H26N2O2. The SMILES string of the molecule is CCC1CCC(CN)(OCc2cccnc2OC)CC1. The quantitative estimate of drug-likeness (QED) is 0.869. The van der Waals surface area contributed by atoms with Gasteiger partial charge in [-0.1, -0.05) is 13.3 Å². The van der Waals surface area contributed by atoms with Crippen LogP contribution >= 0.6 is 0 Å². The Labute approximate surface area is 121 Å². The summed E-state index contributed by atoms with van der Waals surface area (Å²) in [4.78, 5) is 4.20. The molecule has 1 aromatic heterocycles. The lowest BCUT2D eigenvalue weighted by molar-refractivity contribution is -0.0818. The average molecular weight is 278 g/mol. The molecule has 0 radical (unpaired) electrons. The summed E-state index contributed by atoms with van der Waals surface area (Å²) in [6.45, 7) is 3.37. The number of methoxy groups -OCH3 is 1. The van der Waals surface area contributed by atoms with Gasteiger partial charge in [-0.3, -0.25) is 0 Å². The first-order valence-corrected chi connectivity index (χ1v) is 7.55. The number of hydrogen-bond acceptors (Lipinski definition) is 4. The van der Waals surface area contributed by atoms with Gasteiger partial charge >= 0.3 is 0 Å². The Morgan fingerprint density at radius 1 is 1.40 bits per heavy atom. The third-order valence-corrected chi connectivity index (χ3v) is 4.54. The Bertz CT molecular complexity index is 415. The normalized spacial score (nSPS) is 26.4. The lowest BCUT2D eigenvalue weighted by Crippen LogP contribution is -2.43. The van der Waals surface area contributed by atoms with Crippen LogP contribution in [0.2, 0.25) is 0 Å². The summed E-state index contributed by atoms with van der Waals surface area (Å²) in [5.74, 6) is 1.48. The van der Waals surface area contributed by atoms with E-state index in [0.29, 0.717) is 19.0 Å². The number of pyridine rings is 1. The zero-order valence-electron chi connectivity index (χ0n) is 12.6. The van der Waals surface area contributed by atoms with Gasteiger partial charge in [0.05, 0.1) is 19.3 Å². The summed E-state index contributed by atoms with van der Waals surface area (Å²) < 4.78 is 11.5. The molecule has 2 N–H and O–H groups in total. The zero-order chi connectivity index (χ0) is 14.4. The lowest BCUT2D eigenvalue weighted by atomic mass is 9.77. The van der Waals surface area contributed by atoms with Crippen LogP contribution in [-0.4, -0.2) is 24.2 Å². The van der Waals surface area contributed by atoms with E-state index < -0.39 is 0 Å². The third kappa shape index (κ3) is 3.49. The topological polar surface area (TPSA) is 57.4 Å². The highest BCUT2D eigenvalue weighted by Gasteiger charge is 2.34. The van der Waals surface area contributed by atoms with Gasteiger partial charge in [-0.15, -0.1) is 0 Å². The molecule has 1 aromatic rings. The molecule has 1 aliphatic rings. The van der Waals surface area contributed by atoms with Gasteiger partial charge in [0.25, 0.3) is 0 Å². The number of aromatic nitrogens is 1. The van der Waals surface area contributed by atoms with Crippen molar-refractivity contribution in [3.63, 3.8) is 0 Å². The zero-order valence-corrected chi connectivity index (χ0v) is 12.6. The van der Waals surface area contributed by atoms with Gasteiger partial charge < -0.3 is 15.2 Å². The molecule has 0 atom stereocenters. The third-order valence-electron chi connectivity index (χ3n) is 4.54. The Morgan fingerprint density at radius 3 is 2.75 bits per heavy atom. The second-order valence-corrected chi connectivity index (χ2v) is 5.70. The summed E-state index contributed by atoms with van der Waals surface area (Å²) in [5.41, 5.74) is 6.81. The fourth-order valence-electron chi connectivity index (χ4n) is 2.97. The van der Waals surface area contributed by atoms with Crippen molar-refractivity contribution >= 4 is 0 Å². The maximum absolute atomic E-state index is 6.20. The van der Waals surface area contributed by atoms with Crippen molar-refractivity contribution in [2.45, 2.75) is 51.2 Å². The van der Waals surface area contributed by atoms with E-state index in [9.17, 15) is 0 Å². The largest absolute Gasteiger partial charge is 0.481 e. The maximum Gasteiger partial charge on any atom is 0.218 e. The highest BCUT2D eigenvalue weighted by molar-refractivity contribution is 5.24. The van der Waals surface area contributed by atoms with Crippen LogP contribution in [0.5, 0.6) is 5.88 Å². The van der Waals surface area contributed by atoms with Crippen molar-refractivity contribution in [1.29, 1.82) is 0 Å². The maximum atomic E-state index is 6.20. The van der Waals surface area contributed by atoms with Crippen molar-refractivity contribution in [2.24, 2.45) is 11.7 Å². The highest BCUT2D eigenvalue weighted by Crippen LogP contribution is 2.36. The number of hydrogen-bond donors (Lipinski definition) is 1. The van der Waals surface area contributed by atoms with E-state index in [2.05, 4.69) is 11.9 Å². The van der Waals surface area contributed by atoms with Gasteiger partial charge in [0.15, 0.2) is 0 Å². The van der Waals surface area contributed by atoms with Crippen LogP contribution in [0.15, 0.2) is 18.3 Å². The van der Waals surface area contributed by atoms with Crippen LogP contribution in [-0.2, 0) is 11.3 Å². The monoisotopic (exact) mass is 278 g/mol. The lowest BCUT2D eigenvalue weighted by Gasteiger charge is -2.39. The van der Waals surface area contributed by atoms with Gasteiger partial charge in [-0.2, -0.15) is 0 Å². The van der Waals surface area contributed by atoms with Crippen molar-refractivity contribution < 1.29 is 9.47 Å². The molecule has 1 saturated carbocycles. The molecule has 0 unspecified atom stereocenters. The van der Waals surface area contributed by atoms with Crippen molar-refractivity contribution in [2.75, 3.05) is 13.7 Å². The molecule has 2 rings (SSSR count). The van der Waals surface area contributed by atoms with Crippen LogP contribution < -0.4 is 10.5 Å². The van der Waals surface area contributed by atoms with Gasteiger partial charge in [0.2, 0.25) is 5.88 Å². The van der Waals surface area contributed by atoms with E-state index in [1.807, 2.05) is 12.1 Å². The Kier molecular flexibility index (Phi) is 5.38. The van der Waals surface area contributed by atoms with E-state index in [1.54, 1.807) is 13.3 Å². The summed E-state index contributed by atoms with van der Waals surface area (Å²) in [6.07, 6.45) is 7.55. The Hall–Kier alpha value is -1.13. The first-order chi connectivity index (χ1) is 9.73.